The van der Waals surface area contributed by atoms with Gasteiger partial charge in [0.05, 0.1) is 6.10 Å². The number of hydrogen-bond donors (Lipinski definition) is 0. The molecule has 1 unspecified atom stereocenters. The van der Waals surface area contributed by atoms with Gasteiger partial charge in [0, 0.05) is 5.92 Å². The number of benzene rings is 2. The van der Waals surface area contributed by atoms with Crippen LogP contribution < -0.4 is 9.47 Å². The van der Waals surface area contributed by atoms with Crippen molar-refractivity contribution in [3.63, 3.8) is 0 Å². The molecule has 0 fully saturated rings. The van der Waals surface area contributed by atoms with Crippen molar-refractivity contribution in [1.29, 1.82) is 0 Å². The molecule has 0 amide bonds. The lowest BCUT2D eigenvalue weighted by atomic mass is 9.86. The predicted octanol–water partition coefficient (Wildman–Crippen LogP) is 7.02. The first kappa shape index (κ1) is 20.7. The van der Waals surface area contributed by atoms with Gasteiger partial charge in [-0.15, -0.1) is 0 Å². The topological polar surface area (TPSA) is 18.5 Å². The summed E-state index contributed by atoms with van der Waals surface area (Å²) in [6, 6.07) is 14.6. The summed E-state index contributed by atoms with van der Waals surface area (Å²) in [5.74, 6) is 2.06. The summed E-state index contributed by atoms with van der Waals surface area (Å²) in [4.78, 5) is 0. The molecule has 2 aromatic carbocycles. The van der Waals surface area contributed by atoms with E-state index in [1.165, 1.54) is 11.1 Å². The van der Waals surface area contributed by atoms with Crippen molar-refractivity contribution in [1.82, 2.24) is 0 Å². The van der Waals surface area contributed by atoms with E-state index >= 15 is 0 Å². The van der Waals surface area contributed by atoms with Crippen LogP contribution in [0.3, 0.4) is 0 Å². The monoisotopic (exact) mass is 392 g/mol. The Hall–Kier alpha value is -1.64. The normalized spacial score (nSPS) is 12.0. The molecule has 0 bridgehead atoms. The quantitative estimate of drug-likeness (QED) is 0.480. The fourth-order valence-electron chi connectivity index (χ4n) is 3.05. The largest absolute Gasteiger partial charge is 0.491 e. The van der Waals surface area contributed by atoms with Gasteiger partial charge in [-0.2, -0.15) is 0 Å². The van der Waals surface area contributed by atoms with Crippen molar-refractivity contribution in [2.75, 3.05) is 6.61 Å². The molecule has 0 saturated carbocycles. The van der Waals surface area contributed by atoms with E-state index in [0.717, 1.165) is 23.5 Å². The molecule has 0 aliphatic rings. The second-order valence-corrected chi connectivity index (χ2v) is 7.48. The average Bonchev–Trinajstić information content (AvgIpc) is 2.59. The van der Waals surface area contributed by atoms with Gasteiger partial charge in [0.2, 0.25) is 0 Å². The van der Waals surface area contributed by atoms with Gasteiger partial charge >= 0.3 is 0 Å². The molecule has 0 saturated heterocycles. The average molecular weight is 393 g/mol. The van der Waals surface area contributed by atoms with Crippen molar-refractivity contribution in [3.05, 3.63) is 69.7 Å². The first-order valence-corrected chi connectivity index (χ1v) is 9.68. The van der Waals surface area contributed by atoms with E-state index < -0.39 is 0 Å². The van der Waals surface area contributed by atoms with Gasteiger partial charge in [0.15, 0.2) is 0 Å². The molecule has 140 valence electrons. The van der Waals surface area contributed by atoms with E-state index in [1.54, 1.807) is 6.08 Å². The van der Waals surface area contributed by atoms with Gasteiger partial charge in [-0.3, -0.25) is 0 Å². The van der Waals surface area contributed by atoms with Crippen LogP contribution >= 0.6 is 23.2 Å². The van der Waals surface area contributed by atoms with Crippen LogP contribution in [0.15, 0.2) is 53.0 Å². The Balaban J connectivity index is 2.25. The van der Waals surface area contributed by atoms with Gasteiger partial charge in [0.1, 0.15) is 22.6 Å². The molecule has 2 rings (SSSR count). The van der Waals surface area contributed by atoms with E-state index in [0.29, 0.717) is 12.5 Å². The van der Waals surface area contributed by atoms with Gasteiger partial charge in [0.25, 0.3) is 0 Å². The molecule has 2 nitrogen and oxygen atoms in total. The third-order valence-electron chi connectivity index (χ3n) is 4.24. The molecule has 26 heavy (non-hydrogen) atoms. The zero-order valence-corrected chi connectivity index (χ0v) is 17.3. The SMILES string of the molecule is CCC(c1ccc(OC(C)C)cc1)c1cccc(OCC=C(Cl)Cl)c1C. The number of hydrogen-bond acceptors (Lipinski definition) is 2. The molecule has 0 N–H and O–H groups in total. The fourth-order valence-corrected chi connectivity index (χ4v) is 3.17. The zero-order valence-electron chi connectivity index (χ0n) is 15.8. The maximum Gasteiger partial charge on any atom is 0.122 e. The molecule has 4 heteroatoms. The molecule has 0 spiro atoms. The standard InChI is InChI=1S/C22H26Cl2O2/c1-5-19(17-9-11-18(12-10-17)26-15(2)3)20-7-6-8-21(16(20)4)25-14-13-22(23)24/h6-13,15,19H,5,14H2,1-4H3. The van der Waals surface area contributed by atoms with Crippen LogP contribution in [0.2, 0.25) is 0 Å². The molecular weight excluding hydrogens is 367 g/mol. The van der Waals surface area contributed by atoms with Crippen LogP contribution in [0.1, 0.15) is 49.8 Å². The van der Waals surface area contributed by atoms with Crippen LogP contribution in [0.5, 0.6) is 11.5 Å². The fraction of sp³-hybridized carbons (Fsp3) is 0.364. The maximum absolute atomic E-state index is 5.82. The first-order valence-electron chi connectivity index (χ1n) is 8.92. The summed E-state index contributed by atoms with van der Waals surface area (Å²) in [5.41, 5.74) is 3.68. The third kappa shape index (κ3) is 5.69. The van der Waals surface area contributed by atoms with Crippen LogP contribution in [0.25, 0.3) is 0 Å². The van der Waals surface area contributed by atoms with Crippen molar-refractivity contribution in [2.24, 2.45) is 0 Å². The number of rotatable bonds is 8. The second kappa shape index (κ2) is 9.89. The van der Waals surface area contributed by atoms with E-state index in [9.17, 15) is 0 Å². The Morgan fingerprint density at radius 1 is 1.08 bits per heavy atom. The minimum atomic E-state index is 0.175. The minimum absolute atomic E-state index is 0.175. The Morgan fingerprint density at radius 2 is 1.77 bits per heavy atom. The predicted molar refractivity (Wildman–Crippen MR) is 111 cm³/mol. The van der Waals surface area contributed by atoms with Crippen molar-refractivity contribution < 1.29 is 9.47 Å². The minimum Gasteiger partial charge on any atom is -0.491 e. The summed E-state index contributed by atoms with van der Waals surface area (Å²) in [7, 11) is 0. The summed E-state index contributed by atoms with van der Waals surface area (Å²) < 4.78 is 11.8. The highest BCUT2D eigenvalue weighted by molar-refractivity contribution is 6.55. The Labute approximate surface area is 166 Å². The highest BCUT2D eigenvalue weighted by Gasteiger charge is 2.16. The van der Waals surface area contributed by atoms with Gasteiger partial charge in [-0.25, -0.2) is 0 Å². The molecule has 2 aromatic rings. The van der Waals surface area contributed by atoms with Gasteiger partial charge in [-0.1, -0.05) is 54.4 Å². The summed E-state index contributed by atoms with van der Waals surface area (Å²) in [6.07, 6.45) is 2.82. The first-order chi connectivity index (χ1) is 12.4. The highest BCUT2D eigenvalue weighted by atomic mass is 35.5. The van der Waals surface area contributed by atoms with E-state index in [1.807, 2.05) is 38.1 Å². The Bertz CT molecular complexity index is 732. The maximum atomic E-state index is 5.82. The summed E-state index contributed by atoms with van der Waals surface area (Å²) in [5, 5.41) is 0. The lowest BCUT2D eigenvalue weighted by Gasteiger charge is -2.21. The second-order valence-electron chi connectivity index (χ2n) is 6.47. The molecule has 0 radical (unpaired) electrons. The molecule has 0 aliphatic heterocycles. The zero-order chi connectivity index (χ0) is 19.1. The Morgan fingerprint density at radius 3 is 2.35 bits per heavy atom. The molecule has 0 aromatic heterocycles. The van der Waals surface area contributed by atoms with Gasteiger partial charge < -0.3 is 9.47 Å². The van der Waals surface area contributed by atoms with E-state index in [-0.39, 0.29) is 10.6 Å². The number of halogens is 2. The Kier molecular flexibility index (Phi) is 7.86. The van der Waals surface area contributed by atoms with Crippen molar-refractivity contribution in [2.45, 2.75) is 46.1 Å². The smallest absolute Gasteiger partial charge is 0.122 e. The van der Waals surface area contributed by atoms with E-state index in [4.69, 9.17) is 32.7 Å². The molecule has 1 atom stereocenters. The molecule has 0 heterocycles. The number of ether oxygens (including phenoxy) is 2. The van der Waals surface area contributed by atoms with Crippen LogP contribution in [0, 0.1) is 6.92 Å². The summed E-state index contributed by atoms with van der Waals surface area (Å²) in [6.45, 7) is 8.71. The van der Waals surface area contributed by atoms with Gasteiger partial charge in [-0.05, 0) is 68.2 Å². The van der Waals surface area contributed by atoms with Crippen molar-refractivity contribution in [3.8, 4) is 11.5 Å². The lowest BCUT2D eigenvalue weighted by Crippen LogP contribution is -2.07. The lowest BCUT2D eigenvalue weighted by molar-refractivity contribution is 0.242. The third-order valence-corrected chi connectivity index (χ3v) is 4.55. The van der Waals surface area contributed by atoms with Crippen LogP contribution in [0.4, 0.5) is 0 Å². The van der Waals surface area contributed by atoms with Crippen LogP contribution in [-0.4, -0.2) is 12.7 Å². The highest BCUT2D eigenvalue weighted by Crippen LogP contribution is 2.34. The van der Waals surface area contributed by atoms with E-state index in [2.05, 4.69) is 32.0 Å². The van der Waals surface area contributed by atoms with Crippen molar-refractivity contribution >= 4 is 23.2 Å². The molecular formula is C22H26Cl2O2. The molecule has 0 aliphatic carbocycles. The summed E-state index contributed by atoms with van der Waals surface area (Å²) >= 11 is 11.3. The van der Waals surface area contributed by atoms with Crippen LogP contribution in [-0.2, 0) is 0 Å².